The van der Waals surface area contributed by atoms with Crippen molar-refractivity contribution < 1.29 is 14.3 Å². The number of ether oxygens (including phenoxy) is 2. The predicted molar refractivity (Wildman–Crippen MR) is 69.8 cm³/mol. The molecule has 100 valence electrons. The zero-order chi connectivity index (χ0) is 13.6. The summed E-state index contributed by atoms with van der Waals surface area (Å²) in [7, 11) is 0. The van der Waals surface area contributed by atoms with Crippen LogP contribution in [0, 0.1) is 5.41 Å². The Morgan fingerprint density at radius 3 is 2.83 bits per heavy atom. The molecule has 5 nitrogen and oxygen atoms in total. The van der Waals surface area contributed by atoms with E-state index in [-0.39, 0.29) is 0 Å². The molecule has 0 aromatic heterocycles. The molecule has 1 amide bonds. The highest BCUT2D eigenvalue weighted by atomic mass is 16.6. The van der Waals surface area contributed by atoms with Crippen LogP contribution in [0.1, 0.15) is 27.2 Å². The Balaban J connectivity index is 2.38. The van der Waals surface area contributed by atoms with Crippen LogP contribution in [0.5, 0.6) is 0 Å². The van der Waals surface area contributed by atoms with Crippen LogP contribution in [-0.4, -0.2) is 30.6 Å². The van der Waals surface area contributed by atoms with Crippen molar-refractivity contribution in [3.63, 3.8) is 0 Å². The molecule has 5 heteroatoms. The van der Waals surface area contributed by atoms with E-state index in [0.717, 1.165) is 12.0 Å². The molecular weight excluding hydrogens is 232 g/mol. The van der Waals surface area contributed by atoms with Crippen LogP contribution in [0.4, 0.5) is 4.79 Å². The lowest BCUT2D eigenvalue weighted by Gasteiger charge is -2.18. The average Bonchev–Trinajstić information content (AvgIpc) is 2.27. The fourth-order valence-corrected chi connectivity index (χ4v) is 1.38. The summed E-state index contributed by atoms with van der Waals surface area (Å²) in [5.74, 6) is 0. The molecule has 0 aromatic carbocycles. The minimum Gasteiger partial charge on any atom is -0.444 e. The van der Waals surface area contributed by atoms with E-state index in [2.05, 4.69) is 5.32 Å². The number of carbonyl (C=O) groups is 1. The highest BCUT2D eigenvalue weighted by Crippen LogP contribution is 2.09. The van der Waals surface area contributed by atoms with Gasteiger partial charge in [0.2, 0.25) is 0 Å². The summed E-state index contributed by atoms with van der Waals surface area (Å²) >= 11 is 0. The number of hydrogen-bond donors (Lipinski definition) is 2. The third kappa shape index (κ3) is 5.63. The van der Waals surface area contributed by atoms with Crippen molar-refractivity contribution in [2.45, 2.75) is 32.8 Å². The Kier molecular flexibility index (Phi) is 5.09. The lowest BCUT2D eigenvalue weighted by atomic mass is 10.1. The molecule has 1 rings (SSSR count). The van der Waals surface area contributed by atoms with E-state index in [1.807, 2.05) is 6.08 Å². The van der Waals surface area contributed by atoms with Crippen molar-refractivity contribution in [2.75, 3.05) is 13.2 Å². The molecule has 0 spiro atoms. The van der Waals surface area contributed by atoms with Gasteiger partial charge in [-0.2, -0.15) is 0 Å². The normalized spacial score (nSPS) is 16.3. The van der Waals surface area contributed by atoms with Gasteiger partial charge in [-0.1, -0.05) is 6.08 Å². The summed E-state index contributed by atoms with van der Waals surface area (Å²) in [6, 6.07) is 0. The number of carbonyl (C=O) groups excluding carboxylic acids is 1. The van der Waals surface area contributed by atoms with Gasteiger partial charge in [0.25, 0.3) is 0 Å². The van der Waals surface area contributed by atoms with Gasteiger partial charge < -0.3 is 14.9 Å². The van der Waals surface area contributed by atoms with Crippen molar-refractivity contribution >= 4 is 11.8 Å². The van der Waals surface area contributed by atoms with Crippen molar-refractivity contribution in [1.82, 2.24) is 5.32 Å². The number of alkyl carbamates (subject to hydrolysis) is 1. The Labute approximate surface area is 107 Å². The van der Waals surface area contributed by atoms with E-state index in [0.29, 0.717) is 18.9 Å². The average molecular weight is 252 g/mol. The number of rotatable bonds is 3. The van der Waals surface area contributed by atoms with E-state index in [1.54, 1.807) is 26.8 Å². The highest BCUT2D eigenvalue weighted by molar-refractivity contribution is 6.06. The maximum atomic E-state index is 11.3. The van der Waals surface area contributed by atoms with Crippen molar-refractivity contribution in [2.24, 2.45) is 0 Å². The fraction of sp³-hybridized carbons (Fsp3) is 0.538. The quantitative estimate of drug-likeness (QED) is 0.757. The second-order valence-corrected chi connectivity index (χ2v) is 4.95. The van der Waals surface area contributed by atoms with Gasteiger partial charge >= 0.3 is 6.09 Å². The van der Waals surface area contributed by atoms with Gasteiger partial charge in [-0.3, -0.25) is 5.32 Å². The van der Waals surface area contributed by atoms with Gasteiger partial charge in [-0.05, 0) is 38.8 Å². The first-order chi connectivity index (χ1) is 8.38. The maximum Gasteiger partial charge on any atom is 0.411 e. The standard InChI is InChI=1S/C13H20N2O3/c1-13(2,3)18-12(16)15-7-4-11(14)10-5-8-17-9-6-10/h4-5,7,14H,6,8-9H2,1-3H3,(H,15,16)/b7-4-,14-11?. The molecule has 0 radical (unpaired) electrons. The van der Waals surface area contributed by atoms with E-state index in [4.69, 9.17) is 14.9 Å². The van der Waals surface area contributed by atoms with E-state index in [9.17, 15) is 4.79 Å². The smallest absolute Gasteiger partial charge is 0.411 e. The topological polar surface area (TPSA) is 71.4 Å². The molecule has 1 aliphatic rings. The molecule has 18 heavy (non-hydrogen) atoms. The van der Waals surface area contributed by atoms with Crippen molar-refractivity contribution in [3.8, 4) is 0 Å². The number of allylic oxidation sites excluding steroid dienone is 1. The van der Waals surface area contributed by atoms with Crippen molar-refractivity contribution in [1.29, 1.82) is 5.41 Å². The van der Waals surface area contributed by atoms with Gasteiger partial charge in [0, 0.05) is 6.20 Å². The summed E-state index contributed by atoms with van der Waals surface area (Å²) in [6.45, 7) is 6.58. The van der Waals surface area contributed by atoms with Crippen LogP contribution in [-0.2, 0) is 9.47 Å². The van der Waals surface area contributed by atoms with Crippen molar-refractivity contribution in [3.05, 3.63) is 23.9 Å². The lowest BCUT2D eigenvalue weighted by molar-refractivity contribution is 0.0552. The molecule has 1 heterocycles. The fourth-order valence-electron chi connectivity index (χ4n) is 1.38. The number of amides is 1. The van der Waals surface area contributed by atoms with Crippen LogP contribution in [0.15, 0.2) is 23.9 Å². The molecule has 2 N–H and O–H groups in total. The van der Waals surface area contributed by atoms with Crippen LogP contribution >= 0.6 is 0 Å². The summed E-state index contributed by atoms with van der Waals surface area (Å²) in [4.78, 5) is 11.3. The zero-order valence-corrected chi connectivity index (χ0v) is 11.1. The molecule has 0 fully saturated rings. The largest absolute Gasteiger partial charge is 0.444 e. The SMILES string of the molecule is CC(C)(C)OC(=O)N/C=C\C(=N)C1=CCOCC1. The highest BCUT2D eigenvalue weighted by Gasteiger charge is 2.14. The van der Waals surface area contributed by atoms with Gasteiger partial charge in [0.05, 0.1) is 18.9 Å². The molecule has 0 saturated carbocycles. The zero-order valence-electron chi connectivity index (χ0n) is 11.1. The summed E-state index contributed by atoms with van der Waals surface area (Å²) in [5.41, 5.74) is 0.798. The van der Waals surface area contributed by atoms with E-state index in [1.165, 1.54) is 6.20 Å². The van der Waals surface area contributed by atoms with Crippen LogP contribution < -0.4 is 5.32 Å². The first-order valence-electron chi connectivity index (χ1n) is 5.90. The first-order valence-corrected chi connectivity index (χ1v) is 5.90. The summed E-state index contributed by atoms with van der Waals surface area (Å²) in [5, 5.41) is 10.3. The molecule has 0 unspecified atom stereocenters. The molecule has 0 saturated heterocycles. The second-order valence-electron chi connectivity index (χ2n) is 4.95. The van der Waals surface area contributed by atoms with Crippen LogP contribution in [0.3, 0.4) is 0 Å². The Morgan fingerprint density at radius 1 is 1.56 bits per heavy atom. The molecular formula is C13H20N2O3. The van der Waals surface area contributed by atoms with Gasteiger partial charge in [-0.25, -0.2) is 4.79 Å². The number of nitrogens with one attached hydrogen (secondary N) is 2. The third-order valence-electron chi connectivity index (χ3n) is 2.16. The monoisotopic (exact) mass is 252 g/mol. The lowest BCUT2D eigenvalue weighted by Crippen LogP contribution is -2.29. The Morgan fingerprint density at radius 2 is 2.28 bits per heavy atom. The molecule has 0 aliphatic carbocycles. The van der Waals surface area contributed by atoms with Gasteiger partial charge in [0.1, 0.15) is 5.60 Å². The van der Waals surface area contributed by atoms with Crippen LogP contribution in [0.25, 0.3) is 0 Å². The van der Waals surface area contributed by atoms with Gasteiger partial charge in [-0.15, -0.1) is 0 Å². The summed E-state index contributed by atoms with van der Waals surface area (Å²) < 4.78 is 10.2. The van der Waals surface area contributed by atoms with Gasteiger partial charge in [0.15, 0.2) is 0 Å². The molecule has 0 aromatic rings. The van der Waals surface area contributed by atoms with E-state index < -0.39 is 11.7 Å². The third-order valence-corrected chi connectivity index (χ3v) is 2.16. The summed E-state index contributed by atoms with van der Waals surface area (Å²) in [6.07, 6.45) is 5.06. The molecule has 0 bridgehead atoms. The molecule has 1 aliphatic heterocycles. The minimum atomic E-state index is -0.521. The predicted octanol–water partition coefficient (Wildman–Crippen LogP) is 2.39. The maximum absolute atomic E-state index is 11.3. The number of hydrogen-bond acceptors (Lipinski definition) is 4. The Hall–Kier alpha value is -1.62. The Bertz CT molecular complexity index is 378. The van der Waals surface area contributed by atoms with Crippen LogP contribution in [0.2, 0.25) is 0 Å². The first kappa shape index (κ1) is 14.4. The second kappa shape index (κ2) is 6.35. The van der Waals surface area contributed by atoms with E-state index >= 15 is 0 Å². The minimum absolute atomic E-state index is 0.384. The molecule has 0 atom stereocenters.